The highest BCUT2D eigenvalue weighted by Crippen LogP contribution is 2.17. The Morgan fingerprint density at radius 3 is 2.71 bits per heavy atom. The van der Waals surface area contributed by atoms with Crippen molar-refractivity contribution in [1.82, 2.24) is 0 Å². The molecule has 2 N–H and O–H groups in total. The highest BCUT2D eigenvalue weighted by atomic mass is 19.1. The van der Waals surface area contributed by atoms with Gasteiger partial charge in [0.25, 0.3) is 0 Å². The summed E-state index contributed by atoms with van der Waals surface area (Å²) in [6.45, 7) is 2.39. The van der Waals surface area contributed by atoms with Crippen molar-refractivity contribution in [2.75, 3.05) is 5.73 Å². The molecule has 0 aliphatic rings. The molecule has 0 radical (unpaired) electrons. The first-order valence-corrected chi connectivity index (χ1v) is 5.38. The lowest BCUT2D eigenvalue weighted by Crippen LogP contribution is -1.98. The van der Waals surface area contributed by atoms with E-state index in [0.717, 1.165) is 16.9 Å². The number of nitrogens with two attached hydrogens (primary N) is 1. The Bertz CT molecular complexity index is 525. The molecule has 0 fully saturated rings. The minimum Gasteiger partial charge on any atom is -0.489 e. The van der Waals surface area contributed by atoms with Crippen molar-refractivity contribution in [2.45, 2.75) is 13.5 Å². The van der Waals surface area contributed by atoms with Crippen molar-refractivity contribution in [3.05, 3.63) is 59.4 Å². The standard InChI is InChI=1S/C14H14FNO/c1-10-3-2-4-12(7-10)17-9-11-5-6-13(15)14(16)8-11/h2-8H,9,16H2,1H3. The van der Waals surface area contributed by atoms with E-state index >= 15 is 0 Å². The summed E-state index contributed by atoms with van der Waals surface area (Å²) in [5, 5.41) is 0. The molecule has 2 aromatic carbocycles. The van der Waals surface area contributed by atoms with Crippen molar-refractivity contribution in [3.8, 4) is 5.75 Å². The molecule has 0 saturated heterocycles. The lowest BCUT2D eigenvalue weighted by atomic mass is 10.2. The van der Waals surface area contributed by atoms with Gasteiger partial charge in [0.15, 0.2) is 0 Å². The fourth-order valence-corrected chi connectivity index (χ4v) is 1.55. The number of hydrogen-bond acceptors (Lipinski definition) is 2. The third-order valence-electron chi connectivity index (χ3n) is 2.46. The number of hydrogen-bond donors (Lipinski definition) is 1. The number of nitrogen functional groups attached to an aromatic ring is 1. The van der Waals surface area contributed by atoms with Crippen LogP contribution in [0, 0.1) is 12.7 Å². The SMILES string of the molecule is Cc1cccc(OCc2ccc(F)c(N)c2)c1. The van der Waals surface area contributed by atoms with Crippen LogP contribution in [0.15, 0.2) is 42.5 Å². The van der Waals surface area contributed by atoms with Crippen molar-refractivity contribution in [3.63, 3.8) is 0 Å². The molecule has 0 aliphatic carbocycles. The van der Waals surface area contributed by atoms with E-state index < -0.39 is 5.82 Å². The topological polar surface area (TPSA) is 35.2 Å². The molecule has 2 aromatic rings. The van der Waals surface area contributed by atoms with Crippen molar-refractivity contribution < 1.29 is 9.13 Å². The summed E-state index contributed by atoms with van der Waals surface area (Å²) >= 11 is 0. The van der Waals surface area contributed by atoms with Crippen LogP contribution < -0.4 is 10.5 Å². The van der Waals surface area contributed by atoms with E-state index in [1.54, 1.807) is 12.1 Å². The van der Waals surface area contributed by atoms with Gasteiger partial charge in [-0.1, -0.05) is 18.2 Å². The maximum atomic E-state index is 12.9. The van der Waals surface area contributed by atoms with Crippen molar-refractivity contribution >= 4 is 5.69 Å². The van der Waals surface area contributed by atoms with E-state index in [1.807, 2.05) is 31.2 Å². The zero-order chi connectivity index (χ0) is 12.3. The zero-order valence-corrected chi connectivity index (χ0v) is 9.61. The molecule has 0 bridgehead atoms. The van der Waals surface area contributed by atoms with Crippen LogP contribution in [-0.4, -0.2) is 0 Å². The number of aryl methyl sites for hydroxylation is 1. The van der Waals surface area contributed by atoms with E-state index in [0.29, 0.717) is 6.61 Å². The first kappa shape index (κ1) is 11.5. The van der Waals surface area contributed by atoms with Gasteiger partial charge in [0, 0.05) is 0 Å². The average Bonchev–Trinajstić information content (AvgIpc) is 2.31. The minimum atomic E-state index is -0.399. The Labute approximate surface area is 99.8 Å². The second kappa shape index (κ2) is 4.87. The third-order valence-corrected chi connectivity index (χ3v) is 2.46. The van der Waals surface area contributed by atoms with Gasteiger partial charge in [-0.3, -0.25) is 0 Å². The van der Waals surface area contributed by atoms with Crippen molar-refractivity contribution in [1.29, 1.82) is 0 Å². The van der Waals surface area contributed by atoms with Crippen LogP contribution in [0.5, 0.6) is 5.75 Å². The quantitative estimate of drug-likeness (QED) is 0.822. The monoisotopic (exact) mass is 231 g/mol. The van der Waals surface area contributed by atoms with Crippen LogP contribution in [-0.2, 0) is 6.61 Å². The van der Waals surface area contributed by atoms with E-state index in [2.05, 4.69) is 0 Å². The normalized spacial score (nSPS) is 10.2. The largest absolute Gasteiger partial charge is 0.489 e. The summed E-state index contributed by atoms with van der Waals surface area (Å²) in [5.41, 5.74) is 7.62. The summed E-state index contributed by atoms with van der Waals surface area (Å²) < 4.78 is 18.5. The van der Waals surface area contributed by atoms with Gasteiger partial charge in [-0.05, 0) is 42.3 Å². The van der Waals surface area contributed by atoms with Gasteiger partial charge in [0.2, 0.25) is 0 Å². The van der Waals surface area contributed by atoms with E-state index in [-0.39, 0.29) is 5.69 Å². The van der Waals surface area contributed by atoms with Crippen LogP contribution in [0.1, 0.15) is 11.1 Å². The predicted molar refractivity (Wildman–Crippen MR) is 66.3 cm³/mol. The summed E-state index contributed by atoms with van der Waals surface area (Å²) in [6.07, 6.45) is 0. The number of halogens is 1. The van der Waals surface area contributed by atoms with Gasteiger partial charge in [0.1, 0.15) is 18.2 Å². The molecule has 2 nitrogen and oxygen atoms in total. The van der Waals surface area contributed by atoms with Crippen LogP contribution in [0.3, 0.4) is 0 Å². The summed E-state index contributed by atoms with van der Waals surface area (Å²) in [4.78, 5) is 0. The molecule has 0 saturated carbocycles. The molecule has 0 amide bonds. The number of anilines is 1. The highest BCUT2D eigenvalue weighted by Gasteiger charge is 2.01. The molecule has 3 heteroatoms. The molecule has 88 valence electrons. The summed E-state index contributed by atoms with van der Waals surface area (Å²) in [7, 11) is 0. The predicted octanol–water partition coefficient (Wildman–Crippen LogP) is 3.30. The second-order valence-corrected chi connectivity index (χ2v) is 3.96. The van der Waals surface area contributed by atoms with Crippen LogP contribution in [0.4, 0.5) is 10.1 Å². The van der Waals surface area contributed by atoms with Crippen molar-refractivity contribution in [2.24, 2.45) is 0 Å². The average molecular weight is 231 g/mol. The number of benzene rings is 2. The molecule has 0 spiro atoms. The molecule has 0 aliphatic heterocycles. The van der Waals surface area contributed by atoms with Gasteiger partial charge in [0.05, 0.1) is 5.69 Å². The first-order valence-electron chi connectivity index (χ1n) is 5.38. The van der Waals surface area contributed by atoms with Gasteiger partial charge >= 0.3 is 0 Å². The van der Waals surface area contributed by atoms with Gasteiger partial charge in [-0.15, -0.1) is 0 Å². The molecule has 0 unspecified atom stereocenters. The highest BCUT2D eigenvalue weighted by molar-refractivity contribution is 5.42. The second-order valence-electron chi connectivity index (χ2n) is 3.96. The smallest absolute Gasteiger partial charge is 0.146 e. The summed E-state index contributed by atoms with van der Waals surface area (Å²) in [6, 6.07) is 12.4. The Balaban J connectivity index is 2.05. The molecule has 17 heavy (non-hydrogen) atoms. The van der Waals surface area contributed by atoms with E-state index in [1.165, 1.54) is 6.07 Å². The fraction of sp³-hybridized carbons (Fsp3) is 0.143. The van der Waals surface area contributed by atoms with Gasteiger partial charge in [-0.25, -0.2) is 4.39 Å². The van der Waals surface area contributed by atoms with Crippen LogP contribution in [0.2, 0.25) is 0 Å². The molecule has 0 heterocycles. The Kier molecular flexibility index (Phi) is 3.28. The zero-order valence-electron chi connectivity index (χ0n) is 9.61. The Hall–Kier alpha value is -2.03. The Morgan fingerprint density at radius 2 is 2.00 bits per heavy atom. The van der Waals surface area contributed by atoms with Gasteiger partial charge in [-0.2, -0.15) is 0 Å². The first-order chi connectivity index (χ1) is 8.15. The molecule has 0 atom stereocenters. The van der Waals surface area contributed by atoms with Gasteiger partial charge < -0.3 is 10.5 Å². The number of ether oxygens (including phenoxy) is 1. The molecule has 0 aromatic heterocycles. The lowest BCUT2D eigenvalue weighted by Gasteiger charge is -2.07. The summed E-state index contributed by atoms with van der Waals surface area (Å²) in [5.74, 6) is 0.400. The molecular formula is C14H14FNO. The van der Waals surface area contributed by atoms with E-state index in [9.17, 15) is 4.39 Å². The van der Waals surface area contributed by atoms with E-state index in [4.69, 9.17) is 10.5 Å². The molecule has 2 rings (SSSR count). The van der Waals surface area contributed by atoms with Crippen LogP contribution >= 0.6 is 0 Å². The minimum absolute atomic E-state index is 0.148. The number of rotatable bonds is 3. The maximum Gasteiger partial charge on any atom is 0.146 e. The maximum absolute atomic E-state index is 12.9. The Morgan fingerprint density at radius 1 is 1.18 bits per heavy atom. The lowest BCUT2D eigenvalue weighted by molar-refractivity contribution is 0.306. The molecular weight excluding hydrogens is 217 g/mol. The van der Waals surface area contributed by atoms with Crippen LogP contribution in [0.25, 0.3) is 0 Å². The third kappa shape index (κ3) is 2.97. The fourth-order valence-electron chi connectivity index (χ4n) is 1.55.